The first-order valence-electron chi connectivity index (χ1n) is 6.75. The molecule has 1 aromatic carbocycles. The summed E-state index contributed by atoms with van der Waals surface area (Å²) in [7, 11) is 0. The van der Waals surface area contributed by atoms with Gasteiger partial charge in [0.25, 0.3) is 0 Å². The van der Waals surface area contributed by atoms with E-state index in [0.717, 1.165) is 0 Å². The van der Waals surface area contributed by atoms with Crippen molar-refractivity contribution in [3.8, 4) is 12.3 Å². The molecule has 21 heavy (non-hydrogen) atoms. The highest BCUT2D eigenvalue weighted by Gasteiger charge is 2.37. The summed E-state index contributed by atoms with van der Waals surface area (Å²) in [5.41, 5.74) is -1.00. The molecule has 0 saturated heterocycles. The Bertz CT molecular complexity index is 536. The Hall–Kier alpha value is -2.48. The molecule has 112 valence electrons. The lowest BCUT2D eigenvalue weighted by molar-refractivity contribution is -0.144. The molecule has 0 saturated carbocycles. The summed E-state index contributed by atoms with van der Waals surface area (Å²) in [6, 6.07) is 7.83. The zero-order valence-electron chi connectivity index (χ0n) is 12.2. The van der Waals surface area contributed by atoms with E-state index in [4.69, 9.17) is 6.42 Å². The first-order chi connectivity index (χ1) is 9.93. The summed E-state index contributed by atoms with van der Waals surface area (Å²) in [6.45, 7) is 3.35. The summed E-state index contributed by atoms with van der Waals surface area (Å²) in [5, 5.41) is 14.7. The number of carboxylic acids is 1. The predicted octanol–water partition coefficient (Wildman–Crippen LogP) is 2.09. The van der Waals surface area contributed by atoms with Crippen molar-refractivity contribution in [2.45, 2.75) is 38.3 Å². The molecule has 5 nitrogen and oxygen atoms in total. The van der Waals surface area contributed by atoms with E-state index < -0.39 is 17.5 Å². The summed E-state index contributed by atoms with van der Waals surface area (Å²) in [4.78, 5) is 23.6. The molecular weight excluding hydrogens is 268 g/mol. The van der Waals surface area contributed by atoms with E-state index in [-0.39, 0.29) is 6.04 Å². The Morgan fingerprint density at radius 3 is 2.48 bits per heavy atom. The molecule has 2 amide bonds. The number of nitrogens with one attached hydrogen (secondary N) is 2. The number of terminal acetylenes is 1. The van der Waals surface area contributed by atoms with Gasteiger partial charge < -0.3 is 15.7 Å². The number of hydrogen-bond donors (Lipinski definition) is 3. The zero-order chi connectivity index (χ0) is 15.9. The summed E-state index contributed by atoms with van der Waals surface area (Å²) >= 11 is 0. The highest BCUT2D eigenvalue weighted by molar-refractivity contribution is 5.87. The third kappa shape index (κ3) is 4.25. The third-order valence-corrected chi connectivity index (χ3v) is 3.33. The molecule has 0 spiro atoms. The molecule has 1 rings (SSSR count). The van der Waals surface area contributed by atoms with Gasteiger partial charge in [-0.1, -0.05) is 37.3 Å². The third-order valence-electron chi connectivity index (χ3n) is 3.33. The van der Waals surface area contributed by atoms with E-state index in [2.05, 4.69) is 16.6 Å². The number of amides is 2. The smallest absolute Gasteiger partial charge is 0.333 e. The molecule has 0 heterocycles. The molecule has 2 atom stereocenters. The van der Waals surface area contributed by atoms with E-state index >= 15 is 0 Å². The lowest BCUT2D eigenvalue weighted by Crippen LogP contribution is -2.54. The van der Waals surface area contributed by atoms with Crippen molar-refractivity contribution in [3.63, 3.8) is 0 Å². The SMILES string of the molecule is C#CCC(CC)NC(=O)NC(C)(C(=O)O)c1ccccc1. The van der Waals surface area contributed by atoms with Crippen molar-refractivity contribution < 1.29 is 14.7 Å². The van der Waals surface area contributed by atoms with Crippen LogP contribution in [0.4, 0.5) is 4.79 Å². The van der Waals surface area contributed by atoms with Gasteiger partial charge in [0, 0.05) is 12.5 Å². The van der Waals surface area contributed by atoms with E-state index in [9.17, 15) is 14.7 Å². The summed E-state index contributed by atoms with van der Waals surface area (Å²) in [6.07, 6.45) is 6.31. The van der Waals surface area contributed by atoms with Crippen LogP contribution in [0.15, 0.2) is 30.3 Å². The van der Waals surface area contributed by atoms with Gasteiger partial charge in [-0.15, -0.1) is 12.3 Å². The highest BCUT2D eigenvalue weighted by Crippen LogP contribution is 2.20. The maximum absolute atomic E-state index is 12.0. The Kier molecular flexibility index (Phi) is 5.79. The molecule has 3 N–H and O–H groups in total. The second-order valence-electron chi connectivity index (χ2n) is 4.91. The molecule has 2 unspecified atom stereocenters. The van der Waals surface area contributed by atoms with Gasteiger partial charge in [0.15, 0.2) is 5.54 Å². The van der Waals surface area contributed by atoms with Crippen LogP contribution in [0, 0.1) is 12.3 Å². The van der Waals surface area contributed by atoms with Gasteiger partial charge in [0.2, 0.25) is 0 Å². The van der Waals surface area contributed by atoms with Crippen LogP contribution in [-0.2, 0) is 10.3 Å². The molecular formula is C16H20N2O3. The lowest BCUT2D eigenvalue weighted by Gasteiger charge is -2.28. The fourth-order valence-corrected chi connectivity index (χ4v) is 1.91. The van der Waals surface area contributed by atoms with Crippen molar-refractivity contribution in [1.82, 2.24) is 10.6 Å². The van der Waals surface area contributed by atoms with Crippen LogP contribution in [0.25, 0.3) is 0 Å². The molecule has 0 aromatic heterocycles. The second kappa shape index (κ2) is 7.34. The molecule has 0 radical (unpaired) electrons. The number of hydrogen-bond acceptors (Lipinski definition) is 2. The predicted molar refractivity (Wildman–Crippen MR) is 80.6 cm³/mol. The van der Waals surface area contributed by atoms with Gasteiger partial charge >= 0.3 is 12.0 Å². The van der Waals surface area contributed by atoms with Crippen LogP contribution in [0.1, 0.15) is 32.3 Å². The van der Waals surface area contributed by atoms with Crippen molar-refractivity contribution >= 4 is 12.0 Å². The van der Waals surface area contributed by atoms with Crippen molar-refractivity contribution in [1.29, 1.82) is 0 Å². The molecule has 0 fully saturated rings. The van der Waals surface area contributed by atoms with Crippen molar-refractivity contribution in [2.24, 2.45) is 0 Å². The van der Waals surface area contributed by atoms with Crippen LogP contribution in [-0.4, -0.2) is 23.1 Å². The zero-order valence-corrected chi connectivity index (χ0v) is 12.2. The average molecular weight is 288 g/mol. The Labute approximate surface area is 124 Å². The molecule has 0 aliphatic heterocycles. The lowest BCUT2D eigenvalue weighted by atomic mass is 9.92. The quantitative estimate of drug-likeness (QED) is 0.701. The maximum atomic E-state index is 12.0. The number of aliphatic carboxylic acids is 1. The van der Waals surface area contributed by atoms with Gasteiger partial charge in [-0.3, -0.25) is 0 Å². The number of urea groups is 1. The fourth-order valence-electron chi connectivity index (χ4n) is 1.91. The minimum Gasteiger partial charge on any atom is -0.479 e. The van der Waals surface area contributed by atoms with Gasteiger partial charge in [-0.25, -0.2) is 9.59 Å². The van der Waals surface area contributed by atoms with Crippen molar-refractivity contribution in [3.05, 3.63) is 35.9 Å². The summed E-state index contributed by atoms with van der Waals surface area (Å²) < 4.78 is 0. The molecule has 0 bridgehead atoms. The largest absolute Gasteiger partial charge is 0.479 e. The fraction of sp³-hybridized carbons (Fsp3) is 0.375. The minimum atomic E-state index is -1.50. The first kappa shape index (κ1) is 16.6. The molecule has 0 aliphatic rings. The van der Waals surface area contributed by atoms with Gasteiger partial charge in [-0.2, -0.15) is 0 Å². The van der Waals surface area contributed by atoms with Crippen molar-refractivity contribution in [2.75, 3.05) is 0 Å². The standard InChI is InChI=1S/C16H20N2O3/c1-4-9-13(5-2)17-15(21)18-16(3,14(19)20)12-10-7-6-8-11-12/h1,6-8,10-11,13H,5,9H2,2-3H3,(H,19,20)(H2,17,18,21). The van der Waals surface area contributed by atoms with Gasteiger partial charge in [0.1, 0.15) is 0 Å². The van der Waals surface area contributed by atoms with Crippen LogP contribution in [0.3, 0.4) is 0 Å². The molecule has 0 aliphatic carbocycles. The van der Waals surface area contributed by atoms with Gasteiger partial charge in [-0.05, 0) is 18.9 Å². The monoisotopic (exact) mass is 288 g/mol. The highest BCUT2D eigenvalue weighted by atomic mass is 16.4. The van der Waals surface area contributed by atoms with Gasteiger partial charge in [0.05, 0.1) is 0 Å². The topological polar surface area (TPSA) is 78.4 Å². The van der Waals surface area contributed by atoms with Crippen LogP contribution < -0.4 is 10.6 Å². The second-order valence-corrected chi connectivity index (χ2v) is 4.91. The van der Waals surface area contributed by atoms with E-state index in [1.807, 2.05) is 6.92 Å². The minimum absolute atomic E-state index is 0.177. The number of carbonyl (C=O) groups is 2. The first-order valence-corrected chi connectivity index (χ1v) is 6.75. The maximum Gasteiger partial charge on any atom is 0.333 e. The van der Waals surface area contributed by atoms with Crippen LogP contribution >= 0.6 is 0 Å². The van der Waals surface area contributed by atoms with E-state index in [1.165, 1.54) is 6.92 Å². The number of rotatable bonds is 6. The number of benzene rings is 1. The average Bonchev–Trinajstić information content (AvgIpc) is 2.47. The number of carboxylic acid groups (broad SMARTS) is 1. The number of carbonyl (C=O) groups excluding carboxylic acids is 1. The van der Waals surface area contributed by atoms with E-state index in [1.54, 1.807) is 30.3 Å². The normalized spacial score (nSPS) is 14.3. The Morgan fingerprint density at radius 1 is 1.38 bits per heavy atom. The van der Waals surface area contributed by atoms with Crippen LogP contribution in [0.5, 0.6) is 0 Å². The summed E-state index contributed by atoms with van der Waals surface area (Å²) in [5.74, 6) is 1.35. The Balaban J connectivity index is 2.87. The molecule has 5 heteroatoms. The van der Waals surface area contributed by atoms with E-state index in [0.29, 0.717) is 18.4 Å². The van der Waals surface area contributed by atoms with Crippen LogP contribution in [0.2, 0.25) is 0 Å². The molecule has 1 aromatic rings. The Morgan fingerprint density at radius 2 is 2.00 bits per heavy atom.